The highest BCUT2D eigenvalue weighted by atomic mass is 19.4. The normalized spacial score (nSPS) is 13.2. The van der Waals surface area contributed by atoms with E-state index in [1.165, 1.54) is 12.1 Å². The quantitative estimate of drug-likeness (QED) is 0.879. The highest BCUT2D eigenvalue weighted by Crippen LogP contribution is 2.22. The molecule has 0 radical (unpaired) electrons. The van der Waals surface area contributed by atoms with E-state index in [0.717, 1.165) is 5.56 Å². The van der Waals surface area contributed by atoms with Crippen LogP contribution < -0.4 is 10.1 Å². The first kappa shape index (κ1) is 14.3. The molecule has 2 rings (SSSR count). The van der Waals surface area contributed by atoms with Gasteiger partial charge in [0.2, 0.25) is 0 Å². The van der Waals surface area contributed by atoms with E-state index in [-0.39, 0.29) is 11.8 Å². The van der Waals surface area contributed by atoms with E-state index in [1.54, 1.807) is 12.1 Å². The molecule has 0 amide bonds. The first-order chi connectivity index (χ1) is 9.44. The molecule has 0 saturated carbocycles. The second-order valence-electron chi connectivity index (χ2n) is 4.06. The van der Waals surface area contributed by atoms with Gasteiger partial charge < -0.3 is 10.1 Å². The van der Waals surface area contributed by atoms with Crippen LogP contribution in [0.2, 0.25) is 0 Å². The third-order valence-corrected chi connectivity index (χ3v) is 2.52. The fraction of sp³-hybridized carbons (Fsp3) is 0.364. The number of nitrogens with one attached hydrogen (secondary N) is 2. The summed E-state index contributed by atoms with van der Waals surface area (Å²) < 4.78 is 39.8. The molecule has 0 spiro atoms. The monoisotopic (exact) mass is 287 g/mol. The lowest BCUT2D eigenvalue weighted by molar-refractivity contribution is -0.274. The van der Waals surface area contributed by atoms with Gasteiger partial charge in [0.05, 0.1) is 6.04 Å². The van der Waals surface area contributed by atoms with Crippen LogP contribution in [0.4, 0.5) is 13.2 Å². The second-order valence-corrected chi connectivity index (χ2v) is 4.06. The van der Waals surface area contributed by atoms with Crippen LogP contribution in [-0.4, -0.2) is 27.0 Å². The van der Waals surface area contributed by atoms with E-state index < -0.39 is 6.36 Å². The fourth-order valence-electron chi connectivity index (χ4n) is 1.52. The number of halogens is 3. The van der Waals surface area contributed by atoms with Crippen LogP contribution >= 0.6 is 0 Å². The van der Waals surface area contributed by atoms with Gasteiger partial charge in [-0.05, 0) is 24.6 Å². The molecule has 1 atom stereocenters. The van der Waals surface area contributed by atoms with Gasteiger partial charge in [0.1, 0.15) is 5.75 Å². The molecule has 9 heteroatoms. The number of alkyl halides is 3. The van der Waals surface area contributed by atoms with Crippen molar-refractivity contribution in [1.82, 2.24) is 25.9 Å². The molecule has 20 heavy (non-hydrogen) atoms. The molecular formula is C11H12F3N5O. The van der Waals surface area contributed by atoms with Crippen molar-refractivity contribution < 1.29 is 17.9 Å². The minimum absolute atomic E-state index is 0.125. The van der Waals surface area contributed by atoms with E-state index in [2.05, 4.69) is 30.7 Å². The van der Waals surface area contributed by atoms with Gasteiger partial charge in [-0.3, -0.25) is 0 Å². The number of aromatic amines is 1. The Morgan fingerprint density at radius 1 is 1.30 bits per heavy atom. The zero-order valence-electron chi connectivity index (χ0n) is 10.5. The summed E-state index contributed by atoms with van der Waals surface area (Å²) >= 11 is 0. The summed E-state index contributed by atoms with van der Waals surface area (Å²) in [6.45, 7) is 2.31. The molecule has 2 N–H and O–H groups in total. The second kappa shape index (κ2) is 5.87. The highest BCUT2D eigenvalue weighted by molar-refractivity contribution is 5.27. The summed E-state index contributed by atoms with van der Waals surface area (Å²) in [4.78, 5) is 0. The van der Waals surface area contributed by atoms with Gasteiger partial charge in [0, 0.05) is 6.54 Å². The van der Waals surface area contributed by atoms with Crippen molar-refractivity contribution in [3.8, 4) is 5.75 Å². The molecule has 0 fully saturated rings. The van der Waals surface area contributed by atoms with Crippen LogP contribution in [0.25, 0.3) is 0 Å². The smallest absolute Gasteiger partial charge is 0.406 e. The topological polar surface area (TPSA) is 75.7 Å². The Balaban J connectivity index is 1.88. The summed E-state index contributed by atoms with van der Waals surface area (Å²) in [6, 6.07) is 5.51. The maximum atomic E-state index is 12.0. The molecule has 0 bridgehead atoms. The van der Waals surface area contributed by atoms with E-state index >= 15 is 0 Å². The Morgan fingerprint density at radius 3 is 2.55 bits per heavy atom. The molecule has 1 unspecified atom stereocenters. The number of hydrogen-bond donors (Lipinski definition) is 2. The molecule has 6 nitrogen and oxygen atoms in total. The maximum absolute atomic E-state index is 12.0. The van der Waals surface area contributed by atoms with Crippen molar-refractivity contribution in [3.63, 3.8) is 0 Å². The van der Waals surface area contributed by atoms with Crippen molar-refractivity contribution in [2.75, 3.05) is 0 Å². The molecule has 0 saturated heterocycles. The van der Waals surface area contributed by atoms with E-state index in [4.69, 9.17) is 0 Å². The van der Waals surface area contributed by atoms with Crippen LogP contribution in [0.1, 0.15) is 24.4 Å². The molecule has 1 aromatic heterocycles. The number of ether oxygens (including phenoxy) is 1. The van der Waals surface area contributed by atoms with Crippen LogP contribution in [0.15, 0.2) is 24.3 Å². The Morgan fingerprint density at radius 2 is 2.00 bits per heavy atom. The predicted molar refractivity (Wildman–Crippen MR) is 62.6 cm³/mol. The fourth-order valence-corrected chi connectivity index (χ4v) is 1.52. The van der Waals surface area contributed by atoms with Gasteiger partial charge in [-0.2, -0.15) is 5.21 Å². The molecule has 1 heterocycles. The molecule has 0 aliphatic rings. The predicted octanol–water partition coefficient (Wildman–Crippen LogP) is 1.95. The van der Waals surface area contributed by atoms with Gasteiger partial charge in [0.25, 0.3) is 0 Å². The zero-order valence-corrected chi connectivity index (χ0v) is 10.5. The van der Waals surface area contributed by atoms with Gasteiger partial charge in [0.15, 0.2) is 5.82 Å². The summed E-state index contributed by atoms with van der Waals surface area (Å²) in [6.07, 6.45) is -4.67. The maximum Gasteiger partial charge on any atom is 0.573 e. The summed E-state index contributed by atoms with van der Waals surface area (Å²) in [7, 11) is 0. The van der Waals surface area contributed by atoms with E-state index in [9.17, 15) is 13.2 Å². The van der Waals surface area contributed by atoms with Crippen molar-refractivity contribution in [3.05, 3.63) is 35.7 Å². The Kier molecular flexibility index (Phi) is 4.18. The molecule has 1 aromatic carbocycles. The lowest BCUT2D eigenvalue weighted by Gasteiger charge is -2.11. The van der Waals surface area contributed by atoms with Crippen molar-refractivity contribution in [2.24, 2.45) is 0 Å². The molecule has 108 valence electrons. The van der Waals surface area contributed by atoms with Crippen LogP contribution in [0, 0.1) is 0 Å². The average Bonchev–Trinajstić information content (AvgIpc) is 2.89. The number of rotatable bonds is 5. The highest BCUT2D eigenvalue weighted by Gasteiger charge is 2.30. The van der Waals surface area contributed by atoms with Crippen LogP contribution in [-0.2, 0) is 6.54 Å². The van der Waals surface area contributed by atoms with E-state index in [1.807, 2.05) is 6.92 Å². The number of tetrazole rings is 1. The molecule has 0 aliphatic heterocycles. The van der Waals surface area contributed by atoms with E-state index in [0.29, 0.717) is 12.4 Å². The third kappa shape index (κ3) is 4.19. The van der Waals surface area contributed by atoms with Gasteiger partial charge in [-0.15, -0.1) is 23.4 Å². The van der Waals surface area contributed by atoms with Gasteiger partial charge in [-0.1, -0.05) is 17.3 Å². The minimum Gasteiger partial charge on any atom is -0.406 e. The Hall–Kier alpha value is -2.16. The number of H-pyrrole nitrogens is 1. The first-order valence-electron chi connectivity index (χ1n) is 5.75. The Labute approximate surface area is 112 Å². The summed E-state index contributed by atoms with van der Waals surface area (Å²) in [5.74, 6) is 0.273. The zero-order chi connectivity index (χ0) is 14.6. The van der Waals surface area contributed by atoms with Gasteiger partial charge >= 0.3 is 6.36 Å². The first-order valence-corrected chi connectivity index (χ1v) is 5.75. The van der Waals surface area contributed by atoms with Crippen molar-refractivity contribution in [2.45, 2.75) is 25.9 Å². The molecule has 0 aliphatic carbocycles. The average molecular weight is 287 g/mol. The number of nitrogens with zero attached hydrogens (tertiary/aromatic N) is 3. The van der Waals surface area contributed by atoms with Crippen LogP contribution in [0.5, 0.6) is 5.75 Å². The lowest BCUT2D eigenvalue weighted by atomic mass is 10.2. The third-order valence-electron chi connectivity index (χ3n) is 2.52. The van der Waals surface area contributed by atoms with Crippen LogP contribution in [0.3, 0.4) is 0 Å². The molecule has 2 aromatic rings. The largest absolute Gasteiger partial charge is 0.573 e. The minimum atomic E-state index is -4.67. The lowest BCUT2D eigenvalue weighted by Crippen LogP contribution is -2.19. The standard InChI is InChI=1S/C11H12F3N5O/c1-7(10-16-18-19-17-10)15-6-8-2-4-9(5-3-8)20-11(12,13)14/h2-5,7,15H,6H2,1H3,(H,16,17,18,19). The Bertz CT molecular complexity index is 526. The molecular weight excluding hydrogens is 275 g/mol. The number of aromatic nitrogens is 4. The SMILES string of the molecule is CC(NCc1ccc(OC(F)(F)F)cc1)c1nn[nH]n1. The van der Waals surface area contributed by atoms with Crippen molar-refractivity contribution >= 4 is 0 Å². The number of hydrogen-bond acceptors (Lipinski definition) is 5. The van der Waals surface area contributed by atoms with Gasteiger partial charge in [-0.25, -0.2) is 0 Å². The summed E-state index contributed by atoms with van der Waals surface area (Å²) in [5.41, 5.74) is 0.815. The summed E-state index contributed by atoms with van der Waals surface area (Å²) in [5, 5.41) is 16.6. The number of benzene rings is 1. The van der Waals surface area contributed by atoms with Crippen molar-refractivity contribution in [1.29, 1.82) is 0 Å².